The molecule has 0 radical (unpaired) electrons. The van der Waals surface area contributed by atoms with Crippen LogP contribution in [-0.4, -0.2) is 35.1 Å². The van der Waals surface area contributed by atoms with Gasteiger partial charge in [-0.15, -0.1) is 0 Å². The van der Waals surface area contributed by atoms with Crippen molar-refractivity contribution in [3.05, 3.63) is 28.8 Å². The van der Waals surface area contributed by atoms with Crippen LogP contribution in [0.1, 0.15) is 29.6 Å². The quantitative estimate of drug-likeness (QED) is 0.880. The second kappa shape index (κ2) is 5.56. The van der Waals surface area contributed by atoms with Gasteiger partial charge >= 0.3 is 12.0 Å². The highest BCUT2D eigenvalue weighted by atomic mass is 35.5. The van der Waals surface area contributed by atoms with E-state index in [-0.39, 0.29) is 11.6 Å². The van der Waals surface area contributed by atoms with Gasteiger partial charge in [0.1, 0.15) is 0 Å². The topological polar surface area (TPSA) is 69.6 Å². The lowest BCUT2D eigenvalue weighted by atomic mass is 10.0. The van der Waals surface area contributed by atoms with Crippen molar-refractivity contribution in [1.29, 1.82) is 0 Å². The lowest BCUT2D eigenvalue weighted by Crippen LogP contribution is -2.33. The number of carboxylic acids is 1. The van der Waals surface area contributed by atoms with Gasteiger partial charge in [-0.05, 0) is 42.9 Å². The van der Waals surface area contributed by atoms with E-state index in [1.54, 1.807) is 4.90 Å². The fraction of sp³-hybridized carbons (Fsp3) is 0.467. The number of carbonyl (C=O) groups is 2. The van der Waals surface area contributed by atoms with Crippen molar-refractivity contribution in [2.75, 3.05) is 18.4 Å². The number of aromatic carboxylic acids is 1. The molecule has 2 amide bonds. The summed E-state index contributed by atoms with van der Waals surface area (Å²) in [6.07, 6.45) is 3.66. The lowest BCUT2D eigenvalue weighted by molar-refractivity contribution is 0.0697. The SMILES string of the molecule is O=C(O)c1ccc(Cl)c(NC(=O)N2CC3CCCC3C2)c1. The Kier molecular flexibility index (Phi) is 3.76. The first-order chi connectivity index (χ1) is 10.0. The van der Waals surface area contributed by atoms with E-state index in [4.69, 9.17) is 16.7 Å². The lowest BCUT2D eigenvalue weighted by Gasteiger charge is -2.18. The molecule has 1 aliphatic carbocycles. The van der Waals surface area contributed by atoms with Crippen LogP contribution in [0.2, 0.25) is 5.02 Å². The van der Waals surface area contributed by atoms with Crippen LogP contribution in [0.25, 0.3) is 0 Å². The Labute approximate surface area is 127 Å². The van der Waals surface area contributed by atoms with Gasteiger partial charge in [0.2, 0.25) is 0 Å². The summed E-state index contributed by atoms with van der Waals surface area (Å²) in [6, 6.07) is 4.09. The minimum absolute atomic E-state index is 0.105. The molecule has 0 spiro atoms. The summed E-state index contributed by atoms with van der Waals surface area (Å²) in [7, 11) is 0. The van der Waals surface area contributed by atoms with Crippen molar-refractivity contribution in [2.24, 2.45) is 11.8 Å². The van der Waals surface area contributed by atoms with Crippen molar-refractivity contribution in [1.82, 2.24) is 4.90 Å². The molecule has 21 heavy (non-hydrogen) atoms. The highest BCUT2D eigenvalue weighted by molar-refractivity contribution is 6.33. The van der Waals surface area contributed by atoms with E-state index in [2.05, 4.69) is 5.32 Å². The second-order valence-corrected chi connectivity index (χ2v) is 6.19. The maximum absolute atomic E-state index is 12.3. The minimum Gasteiger partial charge on any atom is -0.478 e. The third-order valence-corrected chi connectivity index (χ3v) is 4.80. The van der Waals surface area contributed by atoms with Gasteiger partial charge in [-0.25, -0.2) is 9.59 Å². The zero-order chi connectivity index (χ0) is 15.0. The molecule has 1 aliphatic heterocycles. The van der Waals surface area contributed by atoms with Gasteiger partial charge in [0.05, 0.1) is 16.3 Å². The molecule has 2 aliphatic rings. The Morgan fingerprint density at radius 3 is 2.52 bits per heavy atom. The number of carboxylic acid groups (broad SMARTS) is 1. The molecule has 112 valence electrons. The number of nitrogens with one attached hydrogen (secondary N) is 1. The van der Waals surface area contributed by atoms with Crippen LogP contribution in [0, 0.1) is 11.8 Å². The minimum atomic E-state index is -1.04. The number of hydrogen-bond donors (Lipinski definition) is 2. The van der Waals surface area contributed by atoms with Gasteiger partial charge in [-0.2, -0.15) is 0 Å². The molecule has 1 aromatic rings. The Morgan fingerprint density at radius 1 is 1.24 bits per heavy atom. The number of fused-ring (bicyclic) bond motifs is 1. The number of amides is 2. The summed E-state index contributed by atoms with van der Waals surface area (Å²) in [5.41, 5.74) is 0.451. The molecule has 1 saturated carbocycles. The molecule has 0 bridgehead atoms. The van der Waals surface area contributed by atoms with Gasteiger partial charge in [0, 0.05) is 13.1 Å². The predicted molar refractivity (Wildman–Crippen MR) is 79.8 cm³/mol. The van der Waals surface area contributed by atoms with E-state index < -0.39 is 5.97 Å². The molecule has 1 heterocycles. The summed E-state index contributed by atoms with van der Waals surface area (Å²) in [4.78, 5) is 25.1. The van der Waals surface area contributed by atoms with Crippen LogP contribution in [0.5, 0.6) is 0 Å². The number of anilines is 1. The monoisotopic (exact) mass is 308 g/mol. The summed E-state index contributed by atoms with van der Waals surface area (Å²) in [5, 5.41) is 12.1. The van der Waals surface area contributed by atoms with Gasteiger partial charge in [0.15, 0.2) is 0 Å². The van der Waals surface area contributed by atoms with E-state index in [1.807, 2.05) is 0 Å². The third kappa shape index (κ3) is 2.83. The molecule has 2 fully saturated rings. The van der Waals surface area contributed by atoms with Gasteiger partial charge < -0.3 is 15.3 Å². The summed E-state index contributed by atoms with van der Waals surface area (Å²) in [6.45, 7) is 1.57. The standard InChI is InChI=1S/C15H17ClN2O3/c16-12-5-4-9(14(19)20)6-13(12)17-15(21)18-7-10-2-1-3-11(10)8-18/h4-6,10-11H,1-3,7-8H2,(H,17,21)(H,19,20). The zero-order valence-electron chi connectivity index (χ0n) is 11.5. The summed E-state index contributed by atoms with van der Waals surface area (Å²) >= 11 is 6.02. The van der Waals surface area contributed by atoms with Crippen LogP contribution in [0.15, 0.2) is 18.2 Å². The summed E-state index contributed by atoms with van der Waals surface area (Å²) in [5.74, 6) is 0.200. The molecule has 3 rings (SSSR count). The Bertz CT molecular complexity index is 578. The molecule has 1 saturated heterocycles. The Hall–Kier alpha value is -1.75. The molecular weight excluding hydrogens is 292 g/mol. The van der Waals surface area contributed by atoms with Crippen LogP contribution in [-0.2, 0) is 0 Å². The smallest absolute Gasteiger partial charge is 0.335 e. The fourth-order valence-corrected chi connectivity index (χ4v) is 3.51. The van der Waals surface area contributed by atoms with Gasteiger partial charge in [-0.1, -0.05) is 18.0 Å². The van der Waals surface area contributed by atoms with Crippen molar-refractivity contribution in [3.63, 3.8) is 0 Å². The van der Waals surface area contributed by atoms with E-state index in [0.29, 0.717) is 22.5 Å². The number of nitrogens with zero attached hydrogens (tertiary/aromatic N) is 1. The molecule has 2 unspecified atom stereocenters. The van der Waals surface area contributed by atoms with Crippen molar-refractivity contribution >= 4 is 29.3 Å². The van der Waals surface area contributed by atoms with E-state index in [0.717, 1.165) is 13.1 Å². The van der Waals surface area contributed by atoms with Crippen LogP contribution < -0.4 is 5.32 Å². The van der Waals surface area contributed by atoms with Crippen molar-refractivity contribution < 1.29 is 14.7 Å². The van der Waals surface area contributed by atoms with E-state index in [1.165, 1.54) is 37.5 Å². The average molecular weight is 309 g/mol. The van der Waals surface area contributed by atoms with Crippen molar-refractivity contribution in [2.45, 2.75) is 19.3 Å². The molecule has 1 aromatic carbocycles. The van der Waals surface area contributed by atoms with Crippen molar-refractivity contribution in [3.8, 4) is 0 Å². The number of benzene rings is 1. The Balaban J connectivity index is 1.70. The van der Waals surface area contributed by atoms with E-state index >= 15 is 0 Å². The molecule has 6 heteroatoms. The predicted octanol–water partition coefficient (Wildman–Crippen LogP) is 3.30. The van der Waals surface area contributed by atoms with Crippen LogP contribution >= 0.6 is 11.6 Å². The van der Waals surface area contributed by atoms with Gasteiger partial charge in [0.25, 0.3) is 0 Å². The van der Waals surface area contributed by atoms with E-state index in [9.17, 15) is 9.59 Å². The molecule has 2 N–H and O–H groups in total. The number of hydrogen-bond acceptors (Lipinski definition) is 2. The third-order valence-electron chi connectivity index (χ3n) is 4.47. The Morgan fingerprint density at radius 2 is 1.90 bits per heavy atom. The van der Waals surface area contributed by atoms with Gasteiger partial charge in [-0.3, -0.25) is 0 Å². The zero-order valence-corrected chi connectivity index (χ0v) is 12.3. The molecule has 5 nitrogen and oxygen atoms in total. The fourth-order valence-electron chi connectivity index (χ4n) is 3.35. The first-order valence-corrected chi connectivity index (χ1v) is 7.51. The number of urea groups is 1. The van der Waals surface area contributed by atoms with Crippen LogP contribution in [0.4, 0.5) is 10.5 Å². The second-order valence-electron chi connectivity index (χ2n) is 5.79. The number of rotatable bonds is 2. The number of carbonyl (C=O) groups excluding carboxylic acids is 1. The maximum atomic E-state index is 12.3. The number of likely N-dealkylation sites (tertiary alicyclic amines) is 1. The average Bonchev–Trinajstić information content (AvgIpc) is 3.01. The number of halogens is 1. The molecular formula is C15H17ClN2O3. The maximum Gasteiger partial charge on any atom is 0.335 e. The first-order valence-electron chi connectivity index (χ1n) is 7.13. The normalized spacial score (nSPS) is 24.0. The summed E-state index contributed by atoms with van der Waals surface area (Å²) < 4.78 is 0. The molecule has 0 aromatic heterocycles. The largest absolute Gasteiger partial charge is 0.478 e. The highest BCUT2D eigenvalue weighted by Gasteiger charge is 2.38. The highest BCUT2D eigenvalue weighted by Crippen LogP contribution is 2.38. The van der Waals surface area contributed by atoms with Crippen LogP contribution in [0.3, 0.4) is 0 Å². The first kappa shape index (κ1) is 14.2. The molecule has 2 atom stereocenters.